The second-order valence-electron chi connectivity index (χ2n) is 4.53. The van der Waals surface area contributed by atoms with E-state index < -0.39 is 6.10 Å². The van der Waals surface area contributed by atoms with Gasteiger partial charge in [0, 0.05) is 31.5 Å². The molecular formula is C14H17N3O2. The van der Waals surface area contributed by atoms with E-state index in [4.69, 9.17) is 0 Å². The maximum absolute atomic E-state index is 12.1. The normalized spacial score (nSPS) is 12.2. The van der Waals surface area contributed by atoms with Crippen LogP contribution in [0.5, 0.6) is 0 Å². The highest BCUT2D eigenvalue weighted by Gasteiger charge is 2.13. The first-order valence-corrected chi connectivity index (χ1v) is 6.11. The van der Waals surface area contributed by atoms with Crippen LogP contribution in [0.3, 0.4) is 0 Å². The lowest BCUT2D eigenvalue weighted by Crippen LogP contribution is -2.33. The molecule has 0 radical (unpaired) electrons. The molecule has 2 aromatic rings. The van der Waals surface area contributed by atoms with Gasteiger partial charge in [-0.3, -0.25) is 4.79 Å². The number of nitrogens with zero attached hydrogens (tertiary/aromatic N) is 3. The fraction of sp³-hybridized carbons (Fsp3) is 0.286. The van der Waals surface area contributed by atoms with Crippen molar-refractivity contribution in [3.63, 3.8) is 0 Å². The van der Waals surface area contributed by atoms with Gasteiger partial charge in [-0.25, -0.2) is 4.68 Å². The summed E-state index contributed by atoms with van der Waals surface area (Å²) in [5.41, 5.74) is 1.50. The minimum Gasteiger partial charge on any atom is -0.392 e. The molecule has 0 saturated carbocycles. The number of hydrogen-bond acceptors (Lipinski definition) is 3. The summed E-state index contributed by atoms with van der Waals surface area (Å²) in [5, 5.41) is 13.4. The molecule has 1 atom stereocenters. The van der Waals surface area contributed by atoms with Gasteiger partial charge in [0.15, 0.2) is 0 Å². The van der Waals surface area contributed by atoms with E-state index in [0.29, 0.717) is 12.1 Å². The lowest BCUT2D eigenvalue weighted by molar-refractivity contribution is 0.0703. The van der Waals surface area contributed by atoms with Crippen LogP contribution < -0.4 is 0 Å². The van der Waals surface area contributed by atoms with E-state index in [2.05, 4.69) is 5.10 Å². The minimum absolute atomic E-state index is 0.104. The average molecular weight is 259 g/mol. The van der Waals surface area contributed by atoms with Gasteiger partial charge in [-0.05, 0) is 37.3 Å². The first kappa shape index (κ1) is 13.3. The van der Waals surface area contributed by atoms with Crippen molar-refractivity contribution in [3.8, 4) is 5.69 Å². The number of aliphatic hydroxyl groups excluding tert-OH is 1. The number of likely N-dealkylation sites (N-methyl/N-ethyl adjacent to an activating group) is 1. The Morgan fingerprint density at radius 2 is 2.11 bits per heavy atom. The smallest absolute Gasteiger partial charge is 0.253 e. The Kier molecular flexibility index (Phi) is 3.97. The van der Waals surface area contributed by atoms with Crippen LogP contribution in [0.15, 0.2) is 42.7 Å². The molecule has 1 N–H and O–H groups in total. The molecule has 0 aliphatic carbocycles. The summed E-state index contributed by atoms with van der Waals surface area (Å²) >= 11 is 0. The van der Waals surface area contributed by atoms with Crippen LogP contribution in [0.2, 0.25) is 0 Å². The van der Waals surface area contributed by atoms with E-state index in [1.54, 1.807) is 37.0 Å². The molecule has 5 nitrogen and oxygen atoms in total. The van der Waals surface area contributed by atoms with Crippen molar-refractivity contribution in [2.24, 2.45) is 0 Å². The maximum Gasteiger partial charge on any atom is 0.253 e. The van der Waals surface area contributed by atoms with E-state index in [9.17, 15) is 9.90 Å². The summed E-state index contributed by atoms with van der Waals surface area (Å²) in [6, 6.07) is 9.05. The molecule has 0 bridgehead atoms. The van der Waals surface area contributed by atoms with Crippen LogP contribution in [-0.4, -0.2) is 45.4 Å². The Morgan fingerprint density at radius 1 is 1.42 bits per heavy atom. The van der Waals surface area contributed by atoms with Crippen LogP contribution in [-0.2, 0) is 0 Å². The lowest BCUT2D eigenvalue weighted by Gasteiger charge is -2.18. The van der Waals surface area contributed by atoms with Crippen LogP contribution in [0.4, 0.5) is 0 Å². The van der Waals surface area contributed by atoms with Gasteiger partial charge < -0.3 is 10.0 Å². The third kappa shape index (κ3) is 3.20. The van der Waals surface area contributed by atoms with Gasteiger partial charge >= 0.3 is 0 Å². The number of aliphatic hydroxyl groups is 1. The molecule has 2 rings (SSSR count). The van der Waals surface area contributed by atoms with E-state index >= 15 is 0 Å². The van der Waals surface area contributed by atoms with Gasteiger partial charge in [0.25, 0.3) is 5.91 Å². The maximum atomic E-state index is 12.1. The van der Waals surface area contributed by atoms with Gasteiger partial charge in [0.2, 0.25) is 0 Å². The predicted octanol–water partition coefficient (Wildman–Crippen LogP) is 1.33. The van der Waals surface area contributed by atoms with Crippen molar-refractivity contribution in [2.45, 2.75) is 13.0 Å². The summed E-state index contributed by atoms with van der Waals surface area (Å²) in [7, 11) is 1.68. The van der Waals surface area contributed by atoms with E-state index in [1.165, 1.54) is 4.90 Å². The number of aromatic nitrogens is 2. The van der Waals surface area contributed by atoms with Gasteiger partial charge in [0.1, 0.15) is 0 Å². The van der Waals surface area contributed by atoms with Crippen molar-refractivity contribution in [1.82, 2.24) is 14.7 Å². The highest BCUT2D eigenvalue weighted by atomic mass is 16.3. The number of carbonyl (C=O) groups excluding carboxylic acids is 1. The predicted molar refractivity (Wildman–Crippen MR) is 72.2 cm³/mol. The van der Waals surface area contributed by atoms with Gasteiger partial charge in [0.05, 0.1) is 11.8 Å². The molecular weight excluding hydrogens is 242 g/mol. The van der Waals surface area contributed by atoms with Crippen LogP contribution in [0.25, 0.3) is 5.69 Å². The monoisotopic (exact) mass is 259 g/mol. The number of hydrogen-bond donors (Lipinski definition) is 1. The summed E-state index contributed by atoms with van der Waals surface area (Å²) in [4.78, 5) is 13.6. The summed E-state index contributed by atoms with van der Waals surface area (Å²) in [6.07, 6.45) is 3.02. The molecule has 1 amide bonds. The van der Waals surface area contributed by atoms with E-state index in [1.807, 2.05) is 24.4 Å². The zero-order chi connectivity index (χ0) is 13.8. The zero-order valence-corrected chi connectivity index (χ0v) is 11.0. The number of benzene rings is 1. The minimum atomic E-state index is -0.530. The number of rotatable bonds is 4. The standard InChI is InChI=1S/C14H17N3O2/c1-11(18)10-16(2)14(19)12-4-6-13(7-5-12)17-9-3-8-15-17/h3-9,11,18H,10H2,1-2H3. The molecule has 5 heteroatoms. The van der Waals surface area contributed by atoms with E-state index in [0.717, 1.165) is 5.69 Å². The van der Waals surface area contributed by atoms with E-state index in [-0.39, 0.29) is 5.91 Å². The van der Waals surface area contributed by atoms with Gasteiger partial charge in [-0.2, -0.15) is 5.10 Å². The largest absolute Gasteiger partial charge is 0.392 e. The fourth-order valence-electron chi connectivity index (χ4n) is 1.88. The quantitative estimate of drug-likeness (QED) is 0.901. The Hall–Kier alpha value is -2.14. The number of carbonyl (C=O) groups is 1. The van der Waals surface area contributed by atoms with Crippen LogP contribution in [0.1, 0.15) is 17.3 Å². The highest BCUT2D eigenvalue weighted by molar-refractivity contribution is 5.94. The van der Waals surface area contributed by atoms with Gasteiger partial charge in [-0.1, -0.05) is 0 Å². The molecule has 1 heterocycles. The molecule has 0 saturated heterocycles. The molecule has 1 aromatic carbocycles. The third-order valence-corrected chi connectivity index (χ3v) is 2.77. The Balaban J connectivity index is 2.12. The average Bonchev–Trinajstić information content (AvgIpc) is 2.91. The van der Waals surface area contributed by atoms with Crippen molar-refractivity contribution < 1.29 is 9.90 Å². The fourth-order valence-corrected chi connectivity index (χ4v) is 1.88. The molecule has 0 aliphatic heterocycles. The summed E-state index contributed by atoms with van der Waals surface area (Å²) < 4.78 is 1.73. The van der Waals surface area contributed by atoms with Gasteiger partial charge in [-0.15, -0.1) is 0 Å². The van der Waals surface area contributed by atoms with Crippen molar-refractivity contribution >= 4 is 5.91 Å². The molecule has 0 fully saturated rings. The Labute approximate surface area is 112 Å². The van der Waals surface area contributed by atoms with Crippen molar-refractivity contribution in [2.75, 3.05) is 13.6 Å². The van der Waals surface area contributed by atoms with Crippen LogP contribution in [0, 0.1) is 0 Å². The number of amides is 1. The summed E-state index contributed by atoms with van der Waals surface area (Å²) in [5.74, 6) is -0.104. The van der Waals surface area contributed by atoms with Crippen LogP contribution >= 0.6 is 0 Å². The zero-order valence-electron chi connectivity index (χ0n) is 11.0. The molecule has 100 valence electrons. The molecule has 0 spiro atoms. The molecule has 1 unspecified atom stereocenters. The Morgan fingerprint density at radius 3 is 2.63 bits per heavy atom. The van der Waals surface area contributed by atoms with Crippen molar-refractivity contribution in [3.05, 3.63) is 48.3 Å². The highest BCUT2D eigenvalue weighted by Crippen LogP contribution is 2.10. The first-order valence-electron chi connectivity index (χ1n) is 6.11. The molecule has 0 aliphatic rings. The summed E-state index contributed by atoms with van der Waals surface area (Å²) in [6.45, 7) is 1.98. The topological polar surface area (TPSA) is 58.4 Å². The second-order valence-corrected chi connectivity index (χ2v) is 4.53. The Bertz CT molecular complexity index is 532. The SMILES string of the molecule is CC(O)CN(C)C(=O)c1ccc(-n2cccn2)cc1. The first-order chi connectivity index (χ1) is 9.08. The molecule has 19 heavy (non-hydrogen) atoms. The third-order valence-electron chi connectivity index (χ3n) is 2.77. The lowest BCUT2D eigenvalue weighted by atomic mass is 10.2. The van der Waals surface area contributed by atoms with Crippen molar-refractivity contribution in [1.29, 1.82) is 0 Å². The molecule has 1 aromatic heterocycles. The second kappa shape index (κ2) is 5.67.